The molecule has 1 aromatic heterocycles. The first-order valence-electron chi connectivity index (χ1n) is 8.29. The summed E-state index contributed by atoms with van der Waals surface area (Å²) < 4.78 is 7.57. The zero-order valence-corrected chi connectivity index (χ0v) is 13.7. The summed E-state index contributed by atoms with van der Waals surface area (Å²) in [4.78, 5) is 12.3. The van der Waals surface area contributed by atoms with Gasteiger partial charge in [-0.15, -0.1) is 0 Å². The van der Waals surface area contributed by atoms with Crippen LogP contribution in [-0.2, 0) is 24.7 Å². The highest BCUT2D eigenvalue weighted by Crippen LogP contribution is 2.27. The summed E-state index contributed by atoms with van der Waals surface area (Å²) in [6.45, 7) is 0.764. The molecule has 0 fully saturated rings. The summed E-state index contributed by atoms with van der Waals surface area (Å²) in [5.41, 5.74) is 4.43. The second-order valence-electron chi connectivity index (χ2n) is 6.25. The largest absolute Gasteiger partial charge is 0.493 e. The van der Waals surface area contributed by atoms with Gasteiger partial charge in [-0.25, -0.2) is 0 Å². The van der Waals surface area contributed by atoms with Crippen molar-refractivity contribution in [1.29, 1.82) is 0 Å². The molecule has 0 bridgehead atoms. The Morgan fingerprint density at radius 2 is 2.17 bits per heavy atom. The molecule has 1 N–H and O–H groups in total. The topological polar surface area (TPSA) is 43.3 Å². The second kappa shape index (κ2) is 6.04. The van der Waals surface area contributed by atoms with Crippen molar-refractivity contribution in [1.82, 2.24) is 4.57 Å². The van der Waals surface area contributed by atoms with Crippen LogP contribution in [0.1, 0.15) is 17.5 Å². The van der Waals surface area contributed by atoms with Gasteiger partial charge in [-0.1, -0.05) is 18.2 Å². The molecule has 0 radical (unpaired) electrons. The highest BCUT2D eigenvalue weighted by Gasteiger charge is 2.13. The minimum Gasteiger partial charge on any atom is -0.493 e. The maximum Gasteiger partial charge on any atom is 0.224 e. The Bertz CT molecular complexity index is 911. The molecular weight excluding hydrogens is 300 g/mol. The van der Waals surface area contributed by atoms with Crippen LogP contribution in [0.15, 0.2) is 48.7 Å². The van der Waals surface area contributed by atoms with Crippen LogP contribution in [0.4, 0.5) is 5.69 Å². The van der Waals surface area contributed by atoms with Gasteiger partial charge in [0, 0.05) is 37.0 Å². The molecule has 4 heteroatoms. The number of nitrogens with one attached hydrogen (secondary N) is 1. The van der Waals surface area contributed by atoms with Gasteiger partial charge in [0.25, 0.3) is 0 Å². The first-order chi connectivity index (χ1) is 11.7. The van der Waals surface area contributed by atoms with Crippen LogP contribution in [0.25, 0.3) is 10.9 Å². The van der Waals surface area contributed by atoms with E-state index in [0.717, 1.165) is 41.8 Å². The Morgan fingerprint density at radius 3 is 3.08 bits per heavy atom. The molecule has 0 saturated heterocycles. The molecule has 2 heterocycles. The number of benzene rings is 2. The Kier molecular flexibility index (Phi) is 3.73. The third-order valence-corrected chi connectivity index (χ3v) is 4.60. The third kappa shape index (κ3) is 2.75. The van der Waals surface area contributed by atoms with E-state index in [1.54, 1.807) is 0 Å². The van der Waals surface area contributed by atoms with E-state index >= 15 is 0 Å². The zero-order chi connectivity index (χ0) is 16.5. The van der Waals surface area contributed by atoms with Gasteiger partial charge in [0.1, 0.15) is 5.75 Å². The van der Waals surface area contributed by atoms with Gasteiger partial charge >= 0.3 is 0 Å². The molecule has 0 saturated carbocycles. The molecule has 0 spiro atoms. The zero-order valence-electron chi connectivity index (χ0n) is 13.7. The Labute approximate surface area is 141 Å². The molecule has 1 aliphatic rings. The third-order valence-electron chi connectivity index (χ3n) is 4.60. The number of amides is 1. The fourth-order valence-electron chi connectivity index (χ4n) is 3.28. The fourth-order valence-corrected chi connectivity index (χ4v) is 3.28. The quantitative estimate of drug-likeness (QED) is 0.797. The number of nitrogens with zero attached hydrogens (tertiary/aromatic N) is 1. The molecule has 2 aromatic carbocycles. The average molecular weight is 320 g/mol. The Balaban J connectivity index is 1.43. The summed E-state index contributed by atoms with van der Waals surface area (Å²) in [6.07, 6.45) is 4.19. The second-order valence-corrected chi connectivity index (χ2v) is 6.25. The number of carbonyl (C=O) groups excluding carboxylic acids is 1. The van der Waals surface area contributed by atoms with Gasteiger partial charge in [0.2, 0.25) is 5.91 Å². The lowest BCUT2D eigenvalue weighted by atomic mass is 10.0. The lowest BCUT2D eigenvalue weighted by molar-refractivity contribution is -0.116. The van der Waals surface area contributed by atoms with E-state index < -0.39 is 0 Å². The van der Waals surface area contributed by atoms with Crippen molar-refractivity contribution in [3.63, 3.8) is 0 Å². The lowest BCUT2D eigenvalue weighted by Crippen LogP contribution is -2.12. The number of aryl methyl sites for hydroxylation is 2. The van der Waals surface area contributed by atoms with Crippen LogP contribution in [0.3, 0.4) is 0 Å². The van der Waals surface area contributed by atoms with E-state index in [0.29, 0.717) is 6.42 Å². The summed E-state index contributed by atoms with van der Waals surface area (Å²) in [7, 11) is 2.01. The number of aromatic nitrogens is 1. The van der Waals surface area contributed by atoms with Crippen LogP contribution >= 0.6 is 0 Å². The fraction of sp³-hybridized carbons (Fsp3) is 0.250. The van der Waals surface area contributed by atoms with Gasteiger partial charge in [0.05, 0.1) is 12.3 Å². The van der Waals surface area contributed by atoms with Crippen LogP contribution < -0.4 is 10.1 Å². The predicted molar refractivity (Wildman–Crippen MR) is 95.5 cm³/mol. The highest BCUT2D eigenvalue weighted by atomic mass is 16.5. The normalized spacial score (nSPS) is 12.9. The lowest BCUT2D eigenvalue weighted by Gasteiger charge is -2.08. The number of hydrogen-bond acceptors (Lipinski definition) is 2. The van der Waals surface area contributed by atoms with E-state index in [2.05, 4.69) is 28.1 Å². The van der Waals surface area contributed by atoms with E-state index in [-0.39, 0.29) is 5.91 Å². The average Bonchev–Trinajstić information content (AvgIpc) is 3.20. The van der Waals surface area contributed by atoms with Gasteiger partial charge in [-0.2, -0.15) is 0 Å². The molecule has 0 unspecified atom stereocenters. The standard InChI is InChI=1S/C20H20N2O2/c1-22-11-9-16-17(3-2-4-18(16)22)21-20(23)8-6-14-5-7-19-15(13-14)10-12-24-19/h2-5,7,9,11,13H,6,8,10,12H2,1H3,(H,21,23). The molecule has 24 heavy (non-hydrogen) atoms. The van der Waals surface area contributed by atoms with Gasteiger partial charge < -0.3 is 14.6 Å². The van der Waals surface area contributed by atoms with E-state index in [1.165, 1.54) is 11.1 Å². The molecule has 4 nitrogen and oxygen atoms in total. The van der Waals surface area contributed by atoms with E-state index in [1.807, 2.05) is 37.5 Å². The first kappa shape index (κ1) is 14.8. The SMILES string of the molecule is Cn1ccc2c(NC(=O)CCc3ccc4c(c3)CCO4)cccc21. The molecule has 0 atom stereocenters. The number of ether oxygens (including phenoxy) is 1. The van der Waals surface area contributed by atoms with Crippen molar-refractivity contribution >= 4 is 22.5 Å². The van der Waals surface area contributed by atoms with Crippen molar-refractivity contribution in [3.05, 3.63) is 59.8 Å². The maximum absolute atomic E-state index is 12.3. The van der Waals surface area contributed by atoms with Crippen molar-refractivity contribution < 1.29 is 9.53 Å². The summed E-state index contributed by atoms with van der Waals surface area (Å²) >= 11 is 0. The number of fused-ring (bicyclic) bond motifs is 2. The highest BCUT2D eigenvalue weighted by molar-refractivity contribution is 6.01. The van der Waals surface area contributed by atoms with Gasteiger partial charge in [-0.3, -0.25) is 4.79 Å². The molecule has 122 valence electrons. The monoisotopic (exact) mass is 320 g/mol. The van der Waals surface area contributed by atoms with Crippen LogP contribution in [0.5, 0.6) is 5.75 Å². The van der Waals surface area contributed by atoms with Crippen molar-refractivity contribution in [2.45, 2.75) is 19.3 Å². The first-order valence-corrected chi connectivity index (χ1v) is 8.29. The number of anilines is 1. The summed E-state index contributed by atoms with van der Waals surface area (Å²) in [5.74, 6) is 1.03. The predicted octanol–water partition coefficient (Wildman–Crippen LogP) is 3.68. The van der Waals surface area contributed by atoms with Crippen LogP contribution in [0.2, 0.25) is 0 Å². The Hall–Kier alpha value is -2.75. The molecule has 1 aliphatic heterocycles. The van der Waals surface area contributed by atoms with Gasteiger partial charge in [0.15, 0.2) is 0 Å². The van der Waals surface area contributed by atoms with Gasteiger partial charge in [-0.05, 0) is 41.8 Å². The van der Waals surface area contributed by atoms with Crippen molar-refractivity contribution in [3.8, 4) is 5.75 Å². The van der Waals surface area contributed by atoms with E-state index in [4.69, 9.17) is 4.74 Å². The Morgan fingerprint density at radius 1 is 1.25 bits per heavy atom. The molecule has 4 rings (SSSR count). The maximum atomic E-state index is 12.3. The van der Waals surface area contributed by atoms with Crippen molar-refractivity contribution in [2.75, 3.05) is 11.9 Å². The summed E-state index contributed by atoms with van der Waals surface area (Å²) in [5, 5.41) is 4.12. The van der Waals surface area contributed by atoms with Crippen LogP contribution in [0, 0.1) is 0 Å². The molecule has 0 aliphatic carbocycles. The molecule has 1 amide bonds. The minimum atomic E-state index is 0.0445. The number of carbonyl (C=O) groups is 1. The minimum absolute atomic E-state index is 0.0445. The summed E-state index contributed by atoms with van der Waals surface area (Å²) in [6, 6.07) is 14.2. The number of rotatable bonds is 4. The number of hydrogen-bond donors (Lipinski definition) is 1. The molecular formula is C20H20N2O2. The van der Waals surface area contributed by atoms with E-state index in [9.17, 15) is 4.79 Å². The molecule has 3 aromatic rings. The smallest absolute Gasteiger partial charge is 0.224 e. The van der Waals surface area contributed by atoms with Crippen LogP contribution in [-0.4, -0.2) is 17.1 Å². The van der Waals surface area contributed by atoms with Crippen molar-refractivity contribution in [2.24, 2.45) is 7.05 Å².